The molecule has 0 bridgehead atoms. The summed E-state index contributed by atoms with van der Waals surface area (Å²) in [6.45, 7) is 2.54. The Morgan fingerprint density at radius 1 is 1.18 bits per heavy atom. The van der Waals surface area contributed by atoms with Crippen LogP contribution in [0.3, 0.4) is 0 Å². The predicted molar refractivity (Wildman–Crippen MR) is 129 cm³/mol. The molecule has 5 rings (SSSR count). The maximum atomic E-state index is 8.97. The topological polar surface area (TPSA) is 138 Å². The summed E-state index contributed by atoms with van der Waals surface area (Å²) in [5.41, 5.74) is 14.2. The number of nitrogen functional groups attached to an aromatic ring is 1. The number of nitrogens with zero attached hydrogens (tertiary/aromatic N) is 4. The number of aliphatic hydroxyl groups is 1. The van der Waals surface area contributed by atoms with Crippen molar-refractivity contribution in [3.05, 3.63) is 83.4 Å². The Labute approximate surface area is 223 Å². The monoisotopic (exact) mass is 536 g/mol. The third-order valence-electron chi connectivity index (χ3n) is 5.51. The van der Waals surface area contributed by atoms with E-state index in [1.165, 1.54) is 35.2 Å². The van der Waals surface area contributed by atoms with Crippen molar-refractivity contribution in [2.24, 2.45) is 5.84 Å². The van der Waals surface area contributed by atoms with E-state index in [9.17, 15) is 0 Å². The first-order valence-corrected chi connectivity index (χ1v) is 10.8. The van der Waals surface area contributed by atoms with Crippen molar-refractivity contribution in [1.29, 1.82) is 0 Å². The van der Waals surface area contributed by atoms with Crippen LogP contribution in [0.25, 0.3) is 5.65 Å². The number of aryl methyl sites for hydroxylation is 1. The van der Waals surface area contributed by atoms with Crippen LogP contribution in [0.5, 0.6) is 0 Å². The minimum Gasteiger partial charge on any atom is -0.396 e. The smallest absolute Gasteiger partial charge is 0.151 e. The van der Waals surface area contributed by atoms with Crippen LogP contribution in [-0.2, 0) is 45.9 Å². The zero-order chi connectivity index (χ0) is 23.4. The van der Waals surface area contributed by atoms with Crippen molar-refractivity contribution in [3.63, 3.8) is 0 Å². The Balaban J connectivity index is 0.000000275. The number of imidazole rings is 1. The third kappa shape index (κ3) is 6.52. The van der Waals surface area contributed by atoms with Gasteiger partial charge in [-0.15, -0.1) is 0 Å². The second-order valence-electron chi connectivity index (χ2n) is 8.25. The van der Waals surface area contributed by atoms with E-state index in [1.54, 1.807) is 6.07 Å². The van der Waals surface area contributed by atoms with Crippen LogP contribution in [0.15, 0.2) is 61.1 Å². The molecular formula is C24H29N7O2Y. The number of rotatable bonds is 6. The Morgan fingerprint density at radius 3 is 2.62 bits per heavy atom. The van der Waals surface area contributed by atoms with Crippen molar-refractivity contribution in [3.8, 4) is 0 Å². The minimum absolute atomic E-state index is 0. The van der Waals surface area contributed by atoms with Gasteiger partial charge in [0.15, 0.2) is 5.82 Å². The Bertz CT molecular complexity index is 1240. The molecule has 3 aromatic heterocycles. The molecular weight excluding hydrogens is 507 g/mol. The number of aliphatic hydroxyl groups excluding tert-OH is 1. The van der Waals surface area contributed by atoms with Gasteiger partial charge < -0.3 is 20.2 Å². The molecule has 7 N–H and O–H groups in total. The fourth-order valence-electron chi connectivity index (χ4n) is 3.63. The molecule has 9 nitrogen and oxygen atoms in total. The number of aromatic nitrogens is 3. The number of hydrogen-bond donors (Lipinski definition) is 5. The number of anilines is 3. The van der Waals surface area contributed by atoms with Crippen molar-refractivity contribution in [1.82, 2.24) is 14.4 Å². The normalized spacial score (nSPS) is 12.5. The molecule has 34 heavy (non-hydrogen) atoms. The first kappa shape index (κ1) is 26.1. The molecule has 0 saturated heterocycles. The van der Waals surface area contributed by atoms with E-state index < -0.39 is 0 Å². The average Bonchev–Trinajstić information content (AvgIpc) is 3.59. The Hall–Kier alpha value is -2.56. The molecule has 175 valence electrons. The fourth-order valence-corrected chi connectivity index (χ4v) is 3.63. The summed E-state index contributed by atoms with van der Waals surface area (Å²) in [6.07, 6.45) is 8.10. The Kier molecular flexibility index (Phi) is 8.99. The van der Waals surface area contributed by atoms with Crippen LogP contribution in [0.1, 0.15) is 41.1 Å². The van der Waals surface area contributed by atoms with E-state index >= 15 is 0 Å². The molecule has 1 aliphatic rings. The molecule has 4 aromatic rings. The van der Waals surface area contributed by atoms with Gasteiger partial charge in [-0.25, -0.2) is 15.8 Å². The number of hydrazine groups is 1. The van der Waals surface area contributed by atoms with Gasteiger partial charge in [-0.1, -0.05) is 35.9 Å². The zero-order valence-corrected chi connectivity index (χ0v) is 21.9. The van der Waals surface area contributed by atoms with Gasteiger partial charge in [-0.2, -0.15) is 0 Å². The maximum Gasteiger partial charge on any atom is 0.151 e. The maximum absolute atomic E-state index is 8.97. The van der Waals surface area contributed by atoms with E-state index in [1.807, 2.05) is 53.3 Å². The van der Waals surface area contributed by atoms with Crippen molar-refractivity contribution < 1.29 is 43.0 Å². The standard InChI is InChI=1S/C16H19N7O.C8H10O.Y/c17-13-6-19-15(21-24)5-14(13)23(18)9-12-8-22-7-11(10-1-2-10)3-4-16(22)20-12;1-7-3-2-4-8(5-7)6-9;/h3-8,10,24H,1-2,9,17-18H2,(H,19,21);2-5,9H,6H2,1H3;. The summed E-state index contributed by atoms with van der Waals surface area (Å²) in [4.78, 5) is 8.52. The van der Waals surface area contributed by atoms with Crippen LogP contribution in [0.2, 0.25) is 0 Å². The molecule has 0 unspecified atom stereocenters. The average molecular weight is 536 g/mol. The summed E-state index contributed by atoms with van der Waals surface area (Å²) in [7, 11) is 0. The Morgan fingerprint density at radius 2 is 1.97 bits per heavy atom. The molecule has 1 saturated carbocycles. The largest absolute Gasteiger partial charge is 0.396 e. The van der Waals surface area contributed by atoms with Crippen molar-refractivity contribution >= 4 is 22.8 Å². The summed E-state index contributed by atoms with van der Waals surface area (Å²) in [6, 6.07) is 13.6. The molecule has 0 spiro atoms. The second kappa shape index (κ2) is 11.7. The summed E-state index contributed by atoms with van der Waals surface area (Å²) >= 11 is 0. The molecule has 3 heterocycles. The van der Waals surface area contributed by atoms with Gasteiger partial charge in [-0.3, -0.25) is 10.7 Å². The van der Waals surface area contributed by atoms with Crippen molar-refractivity contribution in [2.75, 3.05) is 16.2 Å². The van der Waals surface area contributed by atoms with Crippen LogP contribution < -0.4 is 22.1 Å². The van der Waals surface area contributed by atoms with E-state index in [0.717, 1.165) is 16.9 Å². The SMILES string of the molecule is Cc1cccc(CO)c1.Nc1cnc(NO)cc1N(N)Cc1cn2cc(C3CC3)ccc2n1.[Y]. The quantitative estimate of drug-likeness (QED) is 0.187. The fraction of sp³-hybridized carbons (Fsp3) is 0.250. The number of benzene rings is 1. The minimum atomic E-state index is 0. The predicted octanol–water partition coefficient (Wildman–Crippen LogP) is 3.36. The summed E-state index contributed by atoms with van der Waals surface area (Å²) < 4.78 is 2.04. The first-order valence-electron chi connectivity index (χ1n) is 10.8. The third-order valence-corrected chi connectivity index (χ3v) is 5.51. The van der Waals surface area contributed by atoms with Gasteiger partial charge in [0.1, 0.15) is 5.65 Å². The first-order chi connectivity index (χ1) is 16.0. The van der Waals surface area contributed by atoms with Gasteiger partial charge >= 0.3 is 0 Å². The molecule has 1 fully saturated rings. The van der Waals surface area contributed by atoms with Crippen LogP contribution in [-0.4, -0.2) is 24.7 Å². The van der Waals surface area contributed by atoms with E-state index in [-0.39, 0.29) is 45.1 Å². The number of hydrogen-bond acceptors (Lipinski definition) is 8. The number of nitrogens with one attached hydrogen (secondary N) is 1. The molecule has 0 amide bonds. The second-order valence-corrected chi connectivity index (χ2v) is 8.25. The molecule has 1 aromatic carbocycles. The molecule has 10 heteroatoms. The van der Waals surface area contributed by atoms with E-state index in [0.29, 0.717) is 23.8 Å². The van der Waals surface area contributed by atoms with Gasteiger partial charge in [0.2, 0.25) is 0 Å². The number of nitrogens with two attached hydrogens (primary N) is 2. The molecule has 1 aliphatic carbocycles. The van der Waals surface area contributed by atoms with Gasteiger partial charge in [0, 0.05) is 51.2 Å². The zero-order valence-electron chi connectivity index (χ0n) is 19.1. The van der Waals surface area contributed by atoms with Crippen LogP contribution in [0.4, 0.5) is 17.2 Å². The van der Waals surface area contributed by atoms with Crippen molar-refractivity contribution in [2.45, 2.75) is 38.8 Å². The van der Waals surface area contributed by atoms with Gasteiger partial charge in [0.25, 0.3) is 0 Å². The molecule has 1 radical (unpaired) electrons. The molecule has 0 atom stereocenters. The molecule has 0 aliphatic heterocycles. The van der Waals surface area contributed by atoms with E-state index in [4.69, 9.17) is 21.9 Å². The van der Waals surface area contributed by atoms with Crippen LogP contribution in [0, 0.1) is 6.92 Å². The number of fused-ring (bicyclic) bond motifs is 1. The van der Waals surface area contributed by atoms with Crippen LogP contribution >= 0.6 is 0 Å². The number of pyridine rings is 2. The van der Waals surface area contributed by atoms with E-state index in [2.05, 4.69) is 22.2 Å². The summed E-state index contributed by atoms with van der Waals surface area (Å²) in [5.74, 6) is 7.11. The summed E-state index contributed by atoms with van der Waals surface area (Å²) in [5, 5.41) is 19.1. The van der Waals surface area contributed by atoms with Gasteiger partial charge in [0.05, 0.1) is 36.4 Å². The van der Waals surface area contributed by atoms with Gasteiger partial charge in [-0.05, 0) is 42.9 Å².